The van der Waals surface area contributed by atoms with Crippen LogP contribution in [0.2, 0.25) is 5.02 Å². The first-order valence-electron chi connectivity index (χ1n) is 8.71. The zero-order valence-electron chi connectivity index (χ0n) is 16.2. The van der Waals surface area contributed by atoms with Crippen molar-refractivity contribution in [1.29, 1.82) is 0 Å². The molecule has 2 aromatic carbocycles. The standard InChI is InChI=1S/C18H14ClN7O6/c1-32-14-6-5-11(19)8-13(14)22-16-15(26(30)31)17(21-9-20-16)23-24-18(27)10-3-2-4-12(7-10)25(28)29/h2-9H,1H3,(H,24,27)(H2,20,21,22,23). The zero-order chi connectivity index (χ0) is 23.3. The number of aromatic nitrogens is 2. The summed E-state index contributed by atoms with van der Waals surface area (Å²) in [4.78, 5) is 41.2. The van der Waals surface area contributed by atoms with Gasteiger partial charge < -0.3 is 10.1 Å². The van der Waals surface area contributed by atoms with Crippen molar-refractivity contribution in [1.82, 2.24) is 15.4 Å². The number of nitrogens with one attached hydrogen (secondary N) is 3. The second-order valence-electron chi connectivity index (χ2n) is 6.03. The summed E-state index contributed by atoms with van der Waals surface area (Å²) in [5.74, 6) is -0.937. The Morgan fingerprint density at radius 1 is 1.06 bits per heavy atom. The number of halogens is 1. The van der Waals surface area contributed by atoms with E-state index in [1.807, 2.05) is 0 Å². The summed E-state index contributed by atoms with van der Waals surface area (Å²) in [6.45, 7) is 0. The summed E-state index contributed by atoms with van der Waals surface area (Å²) in [5.41, 5.74) is 3.98. The maximum Gasteiger partial charge on any atom is 0.355 e. The van der Waals surface area contributed by atoms with E-state index in [4.69, 9.17) is 16.3 Å². The Hall–Kier alpha value is -4.52. The van der Waals surface area contributed by atoms with E-state index < -0.39 is 21.4 Å². The van der Waals surface area contributed by atoms with E-state index in [0.717, 1.165) is 12.4 Å². The van der Waals surface area contributed by atoms with Gasteiger partial charge in [-0.3, -0.25) is 35.9 Å². The molecule has 3 aromatic rings. The van der Waals surface area contributed by atoms with Crippen molar-refractivity contribution in [3.05, 3.63) is 79.6 Å². The first kappa shape index (κ1) is 22.2. The highest BCUT2D eigenvalue weighted by molar-refractivity contribution is 6.31. The molecule has 32 heavy (non-hydrogen) atoms. The van der Waals surface area contributed by atoms with Crippen LogP contribution in [0.15, 0.2) is 48.8 Å². The third-order valence-corrected chi connectivity index (χ3v) is 4.27. The first-order valence-corrected chi connectivity index (χ1v) is 9.08. The van der Waals surface area contributed by atoms with E-state index in [-0.39, 0.29) is 22.9 Å². The van der Waals surface area contributed by atoms with Gasteiger partial charge in [0.25, 0.3) is 11.6 Å². The van der Waals surface area contributed by atoms with Gasteiger partial charge in [0.15, 0.2) is 0 Å². The molecule has 0 aliphatic heterocycles. The van der Waals surface area contributed by atoms with Gasteiger partial charge >= 0.3 is 5.69 Å². The van der Waals surface area contributed by atoms with Crippen LogP contribution in [0.5, 0.6) is 5.75 Å². The summed E-state index contributed by atoms with van der Waals surface area (Å²) in [6.07, 6.45) is 1.04. The number of amides is 1. The Balaban J connectivity index is 1.86. The summed E-state index contributed by atoms with van der Waals surface area (Å²) in [6, 6.07) is 9.60. The SMILES string of the molecule is COc1ccc(Cl)cc1Nc1ncnc(NNC(=O)c2cccc([N+](=O)[O-])c2)c1[N+](=O)[O-]. The highest BCUT2D eigenvalue weighted by Gasteiger charge is 2.24. The van der Waals surface area contributed by atoms with Crippen molar-refractivity contribution in [2.24, 2.45) is 0 Å². The van der Waals surface area contributed by atoms with Gasteiger partial charge in [-0.1, -0.05) is 17.7 Å². The number of carbonyl (C=O) groups is 1. The number of nitro groups is 2. The van der Waals surface area contributed by atoms with Crippen molar-refractivity contribution in [3.63, 3.8) is 0 Å². The van der Waals surface area contributed by atoms with E-state index in [0.29, 0.717) is 16.5 Å². The molecule has 1 heterocycles. The molecule has 0 unspecified atom stereocenters. The van der Waals surface area contributed by atoms with E-state index in [1.165, 1.54) is 31.4 Å². The average molecular weight is 460 g/mol. The normalized spacial score (nSPS) is 10.2. The smallest absolute Gasteiger partial charge is 0.355 e. The molecule has 0 spiro atoms. The van der Waals surface area contributed by atoms with Crippen LogP contribution in [0.4, 0.5) is 28.7 Å². The second-order valence-corrected chi connectivity index (χ2v) is 6.47. The lowest BCUT2D eigenvalue weighted by atomic mass is 10.2. The number of anilines is 3. The van der Waals surface area contributed by atoms with Crippen molar-refractivity contribution >= 4 is 46.2 Å². The van der Waals surface area contributed by atoms with Crippen molar-refractivity contribution in [3.8, 4) is 5.75 Å². The maximum absolute atomic E-state index is 12.3. The van der Waals surface area contributed by atoms with Gasteiger partial charge in [0.2, 0.25) is 11.6 Å². The largest absolute Gasteiger partial charge is 0.495 e. The zero-order valence-corrected chi connectivity index (χ0v) is 17.0. The number of ether oxygens (including phenoxy) is 1. The predicted octanol–water partition coefficient (Wildman–Crippen LogP) is 3.46. The molecule has 0 saturated carbocycles. The summed E-state index contributed by atoms with van der Waals surface area (Å²) >= 11 is 5.98. The molecule has 0 aliphatic rings. The number of rotatable bonds is 8. The fourth-order valence-electron chi connectivity index (χ4n) is 2.59. The Kier molecular flexibility index (Phi) is 6.60. The minimum absolute atomic E-state index is 0.0366. The molecule has 0 radical (unpaired) electrons. The molecule has 0 bridgehead atoms. The van der Waals surface area contributed by atoms with Crippen LogP contribution < -0.4 is 20.9 Å². The predicted molar refractivity (Wildman–Crippen MR) is 114 cm³/mol. The summed E-state index contributed by atoms with van der Waals surface area (Å²) in [7, 11) is 1.42. The number of nitro benzene ring substituents is 1. The van der Waals surface area contributed by atoms with Gasteiger partial charge in [0, 0.05) is 22.7 Å². The maximum atomic E-state index is 12.3. The topological polar surface area (TPSA) is 174 Å². The molecule has 14 heteroatoms. The van der Waals surface area contributed by atoms with Gasteiger partial charge in [0.1, 0.15) is 12.1 Å². The van der Waals surface area contributed by atoms with Crippen LogP contribution >= 0.6 is 11.6 Å². The monoisotopic (exact) mass is 459 g/mol. The minimum atomic E-state index is -0.771. The molecular formula is C18H14ClN7O6. The van der Waals surface area contributed by atoms with Crippen LogP contribution in [-0.2, 0) is 0 Å². The lowest BCUT2D eigenvalue weighted by Crippen LogP contribution is -2.30. The number of benzene rings is 2. The third-order valence-electron chi connectivity index (χ3n) is 4.03. The fraction of sp³-hybridized carbons (Fsp3) is 0.0556. The Morgan fingerprint density at radius 3 is 2.50 bits per heavy atom. The number of hydrogen-bond acceptors (Lipinski definition) is 10. The molecule has 3 N–H and O–H groups in total. The van der Waals surface area contributed by atoms with Crippen molar-refractivity contribution < 1.29 is 19.4 Å². The number of methoxy groups -OCH3 is 1. The molecule has 13 nitrogen and oxygen atoms in total. The number of hydrogen-bond donors (Lipinski definition) is 3. The molecule has 164 valence electrons. The van der Waals surface area contributed by atoms with E-state index in [1.54, 1.807) is 12.1 Å². The Labute approximate surface area is 184 Å². The quantitative estimate of drug-likeness (QED) is 0.334. The molecule has 0 fully saturated rings. The van der Waals surface area contributed by atoms with Crippen molar-refractivity contribution in [2.45, 2.75) is 0 Å². The van der Waals surface area contributed by atoms with Gasteiger partial charge in [-0.2, -0.15) is 0 Å². The lowest BCUT2D eigenvalue weighted by molar-refractivity contribution is -0.384. The van der Waals surface area contributed by atoms with Gasteiger partial charge in [-0.15, -0.1) is 0 Å². The first-order chi connectivity index (χ1) is 15.3. The molecule has 3 rings (SSSR count). The summed E-state index contributed by atoms with van der Waals surface area (Å²) in [5, 5.41) is 25.7. The summed E-state index contributed by atoms with van der Waals surface area (Å²) < 4.78 is 5.20. The second kappa shape index (κ2) is 9.53. The minimum Gasteiger partial charge on any atom is -0.495 e. The number of non-ortho nitro benzene ring substituents is 1. The van der Waals surface area contributed by atoms with E-state index in [2.05, 4.69) is 26.1 Å². The Morgan fingerprint density at radius 2 is 1.81 bits per heavy atom. The molecule has 0 saturated heterocycles. The van der Waals surface area contributed by atoms with E-state index in [9.17, 15) is 25.0 Å². The average Bonchev–Trinajstić information content (AvgIpc) is 2.77. The Bertz CT molecular complexity index is 1210. The van der Waals surface area contributed by atoms with Crippen LogP contribution in [-0.4, -0.2) is 32.8 Å². The molecule has 1 amide bonds. The number of carbonyl (C=O) groups excluding carboxylic acids is 1. The molecule has 0 aliphatic carbocycles. The highest BCUT2D eigenvalue weighted by Crippen LogP contribution is 2.35. The van der Waals surface area contributed by atoms with Crippen LogP contribution in [0.25, 0.3) is 0 Å². The van der Waals surface area contributed by atoms with Crippen LogP contribution in [0, 0.1) is 20.2 Å². The van der Waals surface area contributed by atoms with Gasteiger partial charge in [0.05, 0.1) is 22.6 Å². The van der Waals surface area contributed by atoms with Crippen LogP contribution in [0.3, 0.4) is 0 Å². The highest BCUT2D eigenvalue weighted by atomic mass is 35.5. The van der Waals surface area contributed by atoms with Crippen LogP contribution in [0.1, 0.15) is 10.4 Å². The van der Waals surface area contributed by atoms with E-state index >= 15 is 0 Å². The van der Waals surface area contributed by atoms with Gasteiger partial charge in [-0.25, -0.2) is 9.97 Å². The number of hydrazine groups is 1. The van der Waals surface area contributed by atoms with Gasteiger partial charge in [-0.05, 0) is 24.3 Å². The third kappa shape index (κ3) is 4.96. The molecule has 1 aromatic heterocycles. The molecular weight excluding hydrogens is 446 g/mol. The lowest BCUT2D eigenvalue weighted by Gasteiger charge is -2.13. The molecule has 0 atom stereocenters. The number of nitrogens with zero attached hydrogens (tertiary/aromatic N) is 4. The fourth-order valence-corrected chi connectivity index (χ4v) is 2.76. The van der Waals surface area contributed by atoms with Crippen molar-refractivity contribution in [2.75, 3.05) is 17.9 Å².